The van der Waals surface area contributed by atoms with E-state index in [1.54, 1.807) is 0 Å². The zero-order valence-corrected chi connectivity index (χ0v) is 28.5. The number of carbonyl (C=O) groups excluding carboxylic acids is 1. The molecule has 5 heteroatoms. The maximum absolute atomic E-state index is 12.6. The van der Waals surface area contributed by atoms with E-state index in [1.807, 2.05) is 6.92 Å². The molecule has 0 saturated heterocycles. The lowest BCUT2D eigenvalue weighted by Crippen LogP contribution is -2.37. The Morgan fingerprint density at radius 2 is 1.49 bits per heavy atom. The van der Waals surface area contributed by atoms with Crippen molar-refractivity contribution in [2.45, 2.75) is 145 Å². The highest BCUT2D eigenvalue weighted by Crippen LogP contribution is 2.45. The maximum atomic E-state index is 12.6. The molecule has 1 heterocycles. The van der Waals surface area contributed by atoms with E-state index in [9.17, 15) is 4.79 Å². The van der Waals surface area contributed by atoms with Gasteiger partial charge in [0.1, 0.15) is 17.1 Å². The molecule has 1 amide bonds. The monoisotopic (exact) mass is 572 g/mol. The maximum Gasteiger partial charge on any atom is 0.412 e. The molecule has 3 atom stereocenters. The number of rotatable bonds is 18. The quantitative estimate of drug-likeness (QED) is 0.190. The molecule has 1 aliphatic rings. The normalized spacial score (nSPS) is 18.2. The van der Waals surface area contributed by atoms with Gasteiger partial charge in [-0.15, -0.1) is 0 Å². The molecule has 2 rings (SSSR count). The first-order valence-electron chi connectivity index (χ1n) is 16.9. The van der Waals surface area contributed by atoms with Crippen LogP contribution in [0.5, 0.6) is 11.5 Å². The lowest BCUT2D eigenvalue weighted by atomic mass is 9.83. The Morgan fingerprint density at radius 3 is 2.07 bits per heavy atom. The van der Waals surface area contributed by atoms with E-state index in [4.69, 9.17) is 9.47 Å². The second-order valence-electron chi connectivity index (χ2n) is 13.8. The number of amides is 1. The van der Waals surface area contributed by atoms with Gasteiger partial charge in [-0.2, -0.15) is 0 Å². The molecule has 0 fully saturated rings. The second kappa shape index (κ2) is 17.4. The second-order valence-corrected chi connectivity index (χ2v) is 13.8. The summed E-state index contributed by atoms with van der Waals surface area (Å²) in [7, 11) is 0. The van der Waals surface area contributed by atoms with E-state index >= 15 is 0 Å². The van der Waals surface area contributed by atoms with Crippen LogP contribution in [0.25, 0.3) is 0 Å². The molecule has 0 unspecified atom stereocenters. The van der Waals surface area contributed by atoms with Crippen LogP contribution >= 0.6 is 0 Å². The molecule has 0 saturated carbocycles. The molecule has 1 aromatic carbocycles. The van der Waals surface area contributed by atoms with Crippen molar-refractivity contribution in [2.75, 3.05) is 26.2 Å². The molecular formula is C36H64N2O3. The van der Waals surface area contributed by atoms with E-state index in [0.29, 0.717) is 12.3 Å². The molecule has 41 heavy (non-hydrogen) atoms. The molecule has 0 aliphatic carbocycles. The Balaban J connectivity index is 1.86. The van der Waals surface area contributed by atoms with Crippen molar-refractivity contribution in [3.63, 3.8) is 0 Å². The molecule has 236 valence electrons. The van der Waals surface area contributed by atoms with Gasteiger partial charge in [-0.1, -0.05) is 86.5 Å². The smallest absolute Gasteiger partial charge is 0.412 e. The van der Waals surface area contributed by atoms with Gasteiger partial charge in [-0.05, 0) is 101 Å². The fourth-order valence-electron chi connectivity index (χ4n) is 6.40. The lowest BCUT2D eigenvalue weighted by Gasteiger charge is -2.38. The highest BCUT2D eigenvalue weighted by atomic mass is 16.6. The van der Waals surface area contributed by atoms with Crippen molar-refractivity contribution in [1.29, 1.82) is 0 Å². The highest BCUT2D eigenvalue weighted by molar-refractivity contribution is 5.73. The Kier molecular flexibility index (Phi) is 15.0. The number of benzene rings is 1. The number of hydrogen-bond acceptors (Lipinski definition) is 4. The predicted molar refractivity (Wildman–Crippen MR) is 175 cm³/mol. The first kappa shape index (κ1) is 35.4. The molecule has 0 radical (unpaired) electrons. The van der Waals surface area contributed by atoms with Gasteiger partial charge >= 0.3 is 6.09 Å². The van der Waals surface area contributed by atoms with E-state index in [0.717, 1.165) is 79.1 Å². The predicted octanol–water partition coefficient (Wildman–Crippen LogP) is 9.56. The summed E-state index contributed by atoms with van der Waals surface area (Å²) in [5.41, 5.74) is 4.20. The van der Waals surface area contributed by atoms with Crippen LogP contribution in [0.3, 0.4) is 0 Å². The molecule has 0 bridgehead atoms. The van der Waals surface area contributed by atoms with Crippen LogP contribution in [-0.2, 0) is 6.42 Å². The van der Waals surface area contributed by atoms with Gasteiger partial charge in [0.25, 0.3) is 0 Å². The highest BCUT2D eigenvalue weighted by Gasteiger charge is 2.34. The van der Waals surface area contributed by atoms with Gasteiger partial charge in [-0.3, -0.25) is 0 Å². The van der Waals surface area contributed by atoms with E-state index < -0.39 is 0 Å². The number of fused-ring (bicyclic) bond motifs is 1. The van der Waals surface area contributed by atoms with Crippen LogP contribution in [0.2, 0.25) is 0 Å². The van der Waals surface area contributed by atoms with Crippen LogP contribution in [0.1, 0.15) is 135 Å². The van der Waals surface area contributed by atoms with Crippen molar-refractivity contribution in [2.24, 2.45) is 17.8 Å². The molecule has 5 nitrogen and oxygen atoms in total. The lowest BCUT2D eigenvalue weighted by molar-refractivity contribution is 0.0511. The summed E-state index contributed by atoms with van der Waals surface area (Å²) in [6, 6.07) is 0. The number of ether oxygens (including phenoxy) is 2. The largest absolute Gasteiger partial charge is 0.487 e. The Bertz CT molecular complexity index is 939. The zero-order chi connectivity index (χ0) is 30.6. The number of carbonyl (C=O) groups is 1. The fourth-order valence-corrected chi connectivity index (χ4v) is 6.40. The van der Waals surface area contributed by atoms with Crippen LogP contribution < -0.4 is 14.8 Å². The third-order valence-electron chi connectivity index (χ3n) is 9.62. The number of nitrogens with zero attached hydrogens (tertiary/aromatic N) is 1. The van der Waals surface area contributed by atoms with Gasteiger partial charge in [-0.25, -0.2) is 4.79 Å². The fraction of sp³-hybridized carbons (Fsp3) is 0.806. The van der Waals surface area contributed by atoms with Gasteiger partial charge in [0, 0.05) is 18.7 Å². The topological polar surface area (TPSA) is 50.8 Å². The summed E-state index contributed by atoms with van der Waals surface area (Å²) in [6.45, 7) is 25.7. The van der Waals surface area contributed by atoms with E-state index in [1.165, 1.54) is 56.9 Å². The standard InChI is InChI=1S/C36H64N2O3/c1-11-38(12-2)25-24-37-35(39)40-33-29(7)30(8)34-32(31(33)9)21-23-36(10,41-34)22-15-20-28(6)19-14-18-27(5)17-13-16-26(3)4/h26-28H,11-25H2,1-10H3,(H,37,39)/t27-,28-,36-/m1/s1. The number of likely N-dealkylation sites (N-methyl/N-ethyl adjacent to an activating group) is 1. The minimum Gasteiger partial charge on any atom is -0.487 e. The van der Waals surface area contributed by atoms with Crippen molar-refractivity contribution in [1.82, 2.24) is 10.2 Å². The first-order valence-corrected chi connectivity index (χ1v) is 16.9. The Labute approximate surface area is 253 Å². The minimum atomic E-state index is -0.376. The molecule has 0 aromatic heterocycles. The Morgan fingerprint density at radius 1 is 0.902 bits per heavy atom. The minimum absolute atomic E-state index is 0.133. The molecule has 0 spiro atoms. The van der Waals surface area contributed by atoms with Crippen molar-refractivity contribution in [3.8, 4) is 11.5 Å². The van der Waals surface area contributed by atoms with Crippen LogP contribution in [0.4, 0.5) is 4.79 Å². The number of nitrogens with one attached hydrogen (secondary N) is 1. The molecular weight excluding hydrogens is 508 g/mol. The van der Waals surface area contributed by atoms with Gasteiger partial charge in [0.2, 0.25) is 0 Å². The zero-order valence-electron chi connectivity index (χ0n) is 28.5. The third kappa shape index (κ3) is 11.5. The summed E-state index contributed by atoms with van der Waals surface area (Å²) in [5, 5.41) is 2.93. The van der Waals surface area contributed by atoms with Crippen LogP contribution in [0.15, 0.2) is 0 Å². The summed E-state index contributed by atoms with van der Waals surface area (Å²) in [4.78, 5) is 14.9. The molecule has 1 N–H and O–H groups in total. The summed E-state index contributed by atoms with van der Waals surface area (Å²) in [6.07, 6.45) is 13.4. The van der Waals surface area contributed by atoms with Crippen molar-refractivity contribution >= 4 is 6.09 Å². The van der Waals surface area contributed by atoms with Gasteiger partial charge < -0.3 is 19.7 Å². The van der Waals surface area contributed by atoms with Gasteiger partial charge in [0.05, 0.1) is 0 Å². The molecule has 1 aromatic rings. The summed E-state index contributed by atoms with van der Waals surface area (Å²) >= 11 is 0. The average Bonchev–Trinajstić information content (AvgIpc) is 2.92. The van der Waals surface area contributed by atoms with Crippen molar-refractivity contribution < 1.29 is 14.3 Å². The van der Waals surface area contributed by atoms with E-state index in [2.05, 4.69) is 72.5 Å². The van der Waals surface area contributed by atoms with Crippen LogP contribution in [0, 0.1) is 38.5 Å². The van der Waals surface area contributed by atoms with Crippen molar-refractivity contribution in [3.05, 3.63) is 22.3 Å². The molecule has 1 aliphatic heterocycles. The third-order valence-corrected chi connectivity index (χ3v) is 9.62. The number of hydrogen-bond donors (Lipinski definition) is 1. The van der Waals surface area contributed by atoms with E-state index in [-0.39, 0.29) is 11.7 Å². The Hall–Kier alpha value is -1.75. The summed E-state index contributed by atoms with van der Waals surface area (Å²) < 4.78 is 12.6. The first-order chi connectivity index (χ1) is 19.4. The summed E-state index contributed by atoms with van der Waals surface area (Å²) in [5.74, 6) is 4.18. The average molecular weight is 573 g/mol. The van der Waals surface area contributed by atoms with Gasteiger partial charge in [0.15, 0.2) is 0 Å². The van der Waals surface area contributed by atoms with Crippen LogP contribution in [-0.4, -0.2) is 42.8 Å². The SMILES string of the molecule is CCN(CC)CCNC(=O)Oc1c(C)c(C)c2c(c1C)CC[C@@](C)(CCC[C@H](C)CCC[C@H](C)CCCC(C)C)O2.